The van der Waals surface area contributed by atoms with Crippen LogP contribution in [0.1, 0.15) is 26.3 Å². The average Bonchev–Trinajstić information content (AvgIpc) is 2.91. The minimum Gasteiger partial charge on any atom is -0.454 e. The summed E-state index contributed by atoms with van der Waals surface area (Å²) >= 11 is 0. The van der Waals surface area contributed by atoms with Gasteiger partial charge in [0.1, 0.15) is 0 Å². The lowest BCUT2D eigenvalue weighted by atomic mass is 10.1. The molecule has 3 rings (SSSR count). The SMILES string of the molecule is CC(C)(C)Nc1nncc(NCc2ccc3c(c2)OCO3)n1. The van der Waals surface area contributed by atoms with Crippen molar-refractivity contribution in [3.05, 3.63) is 30.0 Å². The lowest BCUT2D eigenvalue weighted by molar-refractivity contribution is 0.174. The van der Waals surface area contributed by atoms with Crippen LogP contribution in [0.2, 0.25) is 0 Å². The monoisotopic (exact) mass is 301 g/mol. The molecule has 0 saturated carbocycles. The Hall–Kier alpha value is -2.57. The summed E-state index contributed by atoms with van der Waals surface area (Å²) in [6.45, 7) is 7.03. The van der Waals surface area contributed by atoms with Gasteiger partial charge >= 0.3 is 0 Å². The zero-order chi connectivity index (χ0) is 15.6. The van der Waals surface area contributed by atoms with E-state index in [1.807, 2.05) is 39.0 Å². The molecule has 0 amide bonds. The van der Waals surface area contributed by atoms with Crippen LogP contribution in [0, 0.1) is 0 Å². The van der Waals surface area contributed by atoms with Crippen molar-refractivity contribution in [3.8, 4) is 11.5 Å². The molecule has 7 heteroatoms. The van der Waals surface area contributed by atoms with E-state index in [9.17, 15) is 0 Å². The van der Waals surface area contributed by atoms with E-state index in [4.69, 9.17) is 9.47 Å². The molecule has 1 aromatic heterocycles. The summed E-state index contributed by atoms with van der Waals surface area (Å²) in [7, 11) is 0. The molecule has 7 nitrogen and oxygen atoms in total. The van der Waals surface area contributed by atoms with Gasteiger partial charge in [0.05, 0.1) is 6.20 Å². The zero-order valence-electron chi connectivity index (χ0n) is 12.9. The van der Waals surface area contributed by atoms with E-state index in [1.165, 1.54) is 0 Å². The Morgan fingerprint density at radius 2 is 2.00 bits per heavy atom. The second-order valence-corrected chi connectivity index (χ2v) is 6.08. The van der Waals surface area contributed by atoms with E-state index in [0.29, 0.717) is 18.3 Å². The minimum absolute atomic E-state index is 0.113. The van der Waals surface area contributed by atoms with Gasteiger partial charge in [0.2, 0.25) is 12.7 Å². The second-order valence-electron chi connectivity index (χ2n) is 6.08. The van der Waals surface area contributed by atoms with E-state index in [-0.39, 0.29) is 12.3 Å². The minimum atomic E-state index is -0.113. The fourth-order valence-electron chi connectivity index (χ4n) is 2.02. The first kappa shape index (κ1) is 14.4. The third-order valence-electron chi connectivity index (χ3n) is 2.96. The number of anilines is 2. The summed E-state index contributed by atoms with van der Waals surface area (Å²) in [5.74, 6) is 2.72. The second kappa shape index (κ2) is 5.67. The van der Waals surface area contributed by atoms with Crippen LogP contribution in [0.25, 0.3) is 0 Å². The Bertz CT molecular complexity index is 669. The number of hydrogen-bond donors (Lipinski definition) is 2. The molecule has 2 aromatic rings. The number of nitrogens with zero attached hydrogens (tertiary/aromatic N) is 3. The quantitative estimate of drug-likeness (QED) is 0.897. The van der Waals surface area contributed by atoms with Gasteiger partial charge in [-0.25, -0.2) is 0 Å². The van der Waals surface area contributed by atoms with Gasteiger partial charge in [-0.1, -0.05) is 6.07 Å². The van der Waals surface area contributed by atoms with Gasteiger partial charge in [-0.2, -0.15) is 10.1 Å². The van der Waals surface area contributed by atoms with E-state index in [1.54, 1.807) is 6.20 Å². The lowest BCUT2D eigenvalue weighted by Gasteiger charge is -2.20. The molecule has 116 valence electrons. The molecule has 0 radical (unpaired) electrons. The van der Waals surface area contributed by atoms with Gasteiger partial charge in [-0.15, -0.1) is 5.10 Å². The van der Waals surface area contributed by atoms with Crippen molar-refractivity contribution in [2.24, 2.45) is 0 Å². The third kappa shape index (κ3) is 3.55. The molecule has 0 unspecified atom stereocenters. The number of ether oxygens (including phenoxy) is 2. The van der Waals surface area contributed by atoms with Crippen molar-refractivity contribution in [1.29, 1.82) is 0 Å². The smallest absolute Gasteiger partial charge is 0.245 e. The zero-order valence-corrected chi connectivity index (χ0v) is 12.9. The fraction of sp³-hybridized carbons (Fsp3) is 0.400. The van der Waals surface area contributed by atoms with Gasteiger partial charge in [0, 0.05) is 12.1 Å². The summed E-state index contributed by atoms with van der Waals surface area (Å²) in [6, 6.07) is 5.85. The average molecular weight is 301 g/mol. The first-order valence-electron chi connectivity index (χ1n) is 7.10. The molecule has 22 heavy (non-hydrogen) atoms. The molecule has 0 spiro atoms. The van der Waals surface area contributed by atoms with E-state index >= 15 is 0 Å². The molecule has 0 atom stereocenters. The molecule has 1 aliphatic rings. The number of aromatic nitrogens is 3. The van der Waals surface area contributed by atoms with Crippen LogP contribution < -0.4 is 20.1 Å². The maximum atomic E-state index is 5.37. The molecule has 0 fully saturated rings. The van der Waals surface area contributed by atoms with Crippen LogP contribution in [0.4, 0.5) is 11.8 Å². The van der Waals surface area contributed by atoms with Gasteiger partial charge in [-0.3, -0.25) is 0 Å². The Labute approximate surface area is 129 Å². The van der Waals surface area contributed by atoms with E-state index in [2.05, 4.69) is 25.8 Å². The molecule has 0 bridgehead atoms. The van der Waals surface area contributed by atoms with Gasteiger partial charge in [0.25, 0.3) is 0 Å². The Morgan fingerprint density at radius 3 is 2.82 bits per heavy atom. The first-order chi connectivity index (χ1) is 10.5. The molecular weight excluding hydrogens is 282 g/mol. The Morgan fingerprint density at radius 1 is 1.18 bits per heavy atom. The summed E-state index contributed by atoms with van der Waals surface area (Å²) in [5.41, 5.74) is 0.964. The molecule has 2 heterocycles. The maximum absolute atomic E-state index is 5.37. The predicted molar refractivity (Wildman–Crippen MR) is 83.1 cm³/mol. The van der Waals surface area contributed by atoms with Gasteiger partial charge in [-0.05, 0) is 38.5 Å². The number of fused-ring (bicyclic) bond motifs is 1. The van der Waals surface area contributed by atoms with Crippen molar-refractivity contribution in [2.75, 3.05) is 17.4 Å². The maximum Gasteiger partial charge on any atom is 0.245 e. The summed E-state index contributed by atoms with van der Waals surface area (Å²) in [6.07, 6.45) is 1.60. The van der Waals surface area contributed by atoms with Crippen LogP contribution in [-0.2, 0) is 6.54 Å². The van der Waals surface area contributed by atoms with Crippen molar-refractivity contribution in [3.63, 3.8) is 0 Å². The van der Waals surface area contributed by atoms with Crippen LogP contribution >= 0.6 is 0 Å². The van der Waals surface area contributed by atoms with E-state index in [0.717, 1.165) is 17.1 Å². The summed E-state index contributed by atoms with van der Waals surface area (Å²) in [5, 5.41) is 14.4. The van der Waals surface area contributed by atoms with Gasteiger partial charge in [0.15, 0.2) is 17.3 Å². The molecule has 2 N–H and O–H groups in total. The number of nitrogens with one attached hydrogen (secondary N) is 2. The van der Waals surface area contributed by atoms with E-state index < -0.39 is 0 Å². The lowest BCUT2D eigenvalue weighted by Crippen LogP contribution is -2.27. The largest absolute Gasteiger partial charge is 0.454 e. The highest BCUT2D eigenvalue weighted by atomic mass is 16.7. The molecule has 0 saturated heterocycles. The highest BCUT2D eigenvalue weighted by Crippen LogP contribution is 2.32. The molecule has 1 aliphatic heterocycles. The van der Waals surface area contributed by atoms with Crippen LogP contribution in [-0.4, -0.2) is 27.5 Å². The van der Waals surface area contributed by atoms with Gasteiger partial charge < -0.3 is 20.1 Å². The number of benzene rings is 1. The summed E-state index contributed by atoms with van der Waals surface area (Å²) in [4.78, 5) is 4.39. The first-order valence-corrected chi connectivity index (χ1v) is 7.10. The van der Waals surface area contributed by atoms with Crippen LogP contribution in [0.15, 0.2) is 24.4 Å². The third-order valence-corrected chi connectivity index (χ3v) is 2.96. The standard InChI is InChI=1S/C15H19N5O2/c1-15(2,3)19-14-18-13(8-17-20-14)16-7-10-4-5-11-12(6-10)22-9-21-11/h4-6,8H,7,9H2,1-3H3,(H2,16,18,19,20). The highest BCUT2D eigenvalue weighted by Gasteiger charge is 2.14. The normalized spacial score (nSPS) is 13.0. The van der Waals surface area contributed by atoms with Crippen LogP contribution in [0.5, 0.6) is 11.5 Å². The topological polar surface area (TPSA) is 81.2 Å². The van der Waals surface area contributed by atoms with Crippen LogP contribution in [0.3, 0.4) is 0 Å². The van der Waals surface area contributed by atoms with Crippen molar-refractivity contribution < 1.29 is 9.47 Å². The highest BCUT2D eigenvalue weighted by molar-refractivity contribution is 5.46. The molecular formula is C15H19N5O2. The fourth-order valence-corrected chi connectivity index (χ4v) is 2.02. The number of hydrogen-bond acceptors (Lipinski definition) is 7. The molecule has 1 aromatic carbocycles. The van der Waals surface area contributed by atoms with Crippen molar-refractivity contribution in [1.82, 2.24) is 15.2 Å². The Kier molecular flexibility index (Phi) is 3.70. The Balaban J connectivity index is 1.65. The molecule has 0 aliphatic carbocycles. The summed E-state index contributed by atoms with van der Waals surface area (Å²) < 4.78 is 10.7. The predicted octanol–water partition coefficient (Wildman–Crippen LogP) is 2.42. The van der Waals surface area contributed by atoms with Crippen molar-refractivity contribution >= 4 is 11.8 Å². The number of rotatable bonds is 4. The van der Waals surface area contributed by atoms with Crippen molar-refractivity contribution in [2.45, 2.75) is 32.9 Å².